The van der Waals surface area contributed by atoms with Gasteiger partial charge >= 0.3 is 0 Å². The lowest BCUT2D eigenvalue weighted by atomic mass is 10.1. The van der Waals surface area contributed by atoms with E-state index in [2.05, 4.69) is 20.5 Å². The zero-order chi connectivity index (χ0) is 24.5. The molecular weight excluding hydrogens is 444 g/mol. The van der Waals surface area contributed by atoms with Gasteiger partial charge in [0.15, 0.2) is 5.69 Å². The van der Waals surface area contributed by atoms with Crippen molar-refractivity contribution in [3.8, 4) is 40.2 Å². The Kier molecular flexibility index (Phi) is 5.90. The smallest absolute Gasteiger partial charge is 0.280 e. The zero-order valence-corrected chi connectivity index (χ0v) is 20.3. The second-order valence-electron chi connectivity index (χ2n) is 8.69. The molecule has 0 N–H and O–H groups in total. The predicted molar refractivity (Wildman–Crippen MR) is 130 cm³/mol. The highest BCUT2D eigenvalue weighted by Gasteiger charge is 2.20. The van der Waals surface area contributed by atoms with Gasteiger partial charge in [0.05, 0.1) is 18.3 Å². The van der Waals surface area contributed by atoms with E-state index in [0.29, 0.717) is 29.8 Å². The first kappa shape index (κ1) is 22.5. The van der Waals surface area contributed by atoms with E-state index in [0.717, 1.165) is 39.6 Å². The van der Waals surface area contributed by atoms with Crippen LogP contribution in [0.4, 0.5) is 0 Å². The van der Waals surface area contributed by atoms with Crippen LogP contribution in [0.15, 0.2) is 57.5 Å². The number of benzene rings is 2. The molecule has 0 aliphatic rings. The van der Waals surface area contributed by atoms with Gasteiger partial charge in [0.1, 0.15) is 17.2 Å². The minimum atomic E-state index is 0.110. The maximum absolute atomic E-state index is 5.92. The highest BCUT2D eigenvalue weighted by atomic mass is 16.5. The summed E-state index contributed by atoms with van der Waals surface area (Å²) >= 11 is 0. The summed E-state index contributed by atoms with van der Waals surface area (Å²) in [5, 5.41) is 12.7. The molecule has 0 unspecified atom stereocenters. The number of aryl methyl sites for hydroxylation is 2. The Morgan fingerprint density at radius 2 is 1.74 bits per heavy atom. The first-order chi connectivity index (χ1) is 16.9. The van der Waals surface area contributed by atoms with Gasteiger partial charge in [-0.1, -0.05) is 28.1 Å². The Morgan fingerprint density at radius 1 is 0.943 bits per heavy atom. The maximum Gasteiger partial charge on any atom is 0.280 e. The van der Waals surface area contributed by atoms with Gasteiger partial charge in [-0.05, 0) is 71.0 Å². The summed E-state index contributed by atoms with van der Waals surface area (Å²) in [7, 11) is 0. The van der Waals surface area contributed by atoms with Crippen molar-refractivity contribution in [1.29, 1.82) is 0 Å². The summed E-state index contributed by atoms with van der Waals surface area (Å²) < 4.78 is 18.9. The third-order valence-corrected chi connectivity index (χ3v) is 5.55. The summed E-state index contributed by atoms with van der Waals surface area (Å²) in [6.45, 7) is 10.2. The van der Waals surface area contributed by atoms with Crippen LogP contribution < -0.4 is 4.74 Å². The van der Waals surface area contributed by atoms with E-state index in [1.54, 1.807) is 4.68 Å². The average Bonchev–Trinajstić information content (AvgIpc) is 3.54. The number of oxazole rings is 1. The zero-order valence-electron chi connectivity index (χ0n) is 20.3. The summed E-state index contributed by atoms with van der Waals surface area (Å²) in [6.07, 6.45) is 0.110. The Balaban J connectivity index is 1.35. The van der Waals surface area contributed by atoms with E-state index in [-0.39, 0.29) is 6.10 Å². The number of rotatable bonds is 7. The van der Waals surface area contributed by atoms with Crippen molar-refractivity contribution in [3.05, 3.63) is 71.2 Å². The molecule has 0 spiro atoms. The van der Waals surface area contributed by atoms with Crippen molar-refractivity contribution >= 4 is 0 Å². The molecule has 0 aliphatic carbocycles. The fourth-order valence-electron chi connectivity index (χ4n) is 3.72. The van der Waals surface area contributed by atoms with Gasteiger partial charge in [0, 0.05) is 11.1 Å². The van der Waals surface area contributed by atoms with Crippen LogP contribution in [0.2, 0.25) is 0 Å². The molecule has 0 saturated heterocycles. The second-order valence-corrected chi connectivity index (χ2v) is 8.69. The Bertz CT molecular complexity index is 1460. The Morgan fingerprint density at radius 3 is 2.49 bits per heavy atom. The molecule has 3 heterocycles. The monoisotopic (exact) mass is 470 g/mol. The largest absolute Gasteiger partial charge is 0.491 e. The summed E-state index contributed by atoms with van der Waals surface area (Å²) in [6, 6.07) is 15.6. The number of ether oxygens (including phenoxy) is 1. The predicted octanol–water partition coefficient (Wildman–Crippen LogP) is 5.41. The van der Waals surface area contributed by atoms with Gasteiger partial charge in [-0.15, -0.1) is 5.10 Å². The second kappa shape index (κ2) is 9.17. The van der Waals surface area contributed by atoms with Crippen molar-refractivity contribution < 1.29 is 13.7 Å². The average molecular weight is 471 g/mol. The molecular formula is C26H26N6O3. The van der Waals surface area contributed by atoms with Crippen molar-refractivity contribution in [1.82, 2.24) is 30.1 Å². The summed E-state index contributed by atoms with van der Waals surface area (Å²) in [5.41, 5.74) is 5.02. The fraction of sp³-hybridized carbons (Fsp3) is 0.269. The molecule has 35 heavy (non-hydrogen) atoms. The van der Waals surface area contributed by atoms with Gasteiger partial charge in [-0.3, -0.25) is 0 Å². The molecule has 2 aromatic carbocycles. The van der Waals surface area contributed by atoms with Gasteiger partial charge in [0.2, 0.25) is 11.7 Å². The minimum absolute atomic E-state index is 0.110. The molecule has 0 bridgehead atoms. The van der Waals surface area contributed by atoms with Crippen LogP contribution >= 0.6 is 0 Å². The van der Waals surface area contributed by atoms with Gasteiger partial charge in [-0.25, -0.2) is 9.67 Å². The molecule has 0 fully saturated rings. The van der Waals surface area contributed by atoms with Crippen molar-refractivity contribution in [3.63, 3.8) is 0 Å². The quantitative estimate of drug-likeness (QED) is 0.311. The van der Waals surface area contributed by atoms with E-state index in [4.69, 9.17) is 18.7 Å². The summed E-state index contributed by atoms with van der Waals surface area (Å²) in [4.78, 5) is 9.21. The molecule has 3 aromatic heterocycles. The third-order valence-electron chi connectivity index (χ3n) is 5.55. The van der Waals surface area contributed by atoms with Crippen LogP contribution in [-0.2, 0) is 6.54 Å². The molecule has 0 aliphatic heterocycles. The summed E-state index contributed by atoms with van der Waals surface area (Å²) in [5.74, 6) is 2.90. The molecule has 9 heteroatoms. The number of nitrogens with zero attached hydrogens (tertiary/aromatic N) is 6. The van der Waals surface area contributed by atoms with Gasteiger partial charge in [0.25, 0.3) is 5.89 Å². The topological polar surface area (TPSA) is 105 Å². The van der Waals surface area contributed by atoms with Crippen LogP contribution in [0, 0.1) is 20.8 Å². The first-order valence-corrected chi connectivity index (χ1v) is 11.4. The SMILES string of the molecule is Cc1cccc(-c2nc(Cn3nnc(-c4nc(-c5ccc(OC(C)C)cc5)no4)c3C)c(C)o2)c1. The van der Waals surface area contributed by atoms with E-state index < -0.39 is 0 Å². The van der Waals surface area contributed by atoms with E-state index in [1.807, 2.05) is 83.1 Å². The first-order valence-electron chi connectivity index (χ1n) is 11.4. The standard InChI is InChI=1S/C26H26N6O3/c1-15(2)33-21-11-9-19(10-12-21)24-28-26(35-30-24)23-17(4)32(31-29-23)14-22-18(5)34-25(27-22)20-8-6-7-16(3)13-20/h6-13,15H,14H2,1-5H3. The third kappa shape index (κ3) is 4.70. The van der Waals surface area contributed by atoms with Crippen LogP contribution in [0.3, 0.4) is 0 Å². The molecule has 5 aromatic rings. The molecule has 0 amide bonds. The van der Waals surface area contributed by atoms with Crippen LogP contribution in [0.25, 0.3) is 34.4 Å². The van der Waals surface area contributed by atoms with E-state index in [9.17, 15) is 0 Å². The number of hydrogen-bond donors (Lipinski definition) is 0. The highest BCUT2D eigenvalue weighted by molar-refractivity contribution is 5.59. The van der Waals surface area contributed by atoms with Crippen LogP contribution in [-0.4, -0.2) is 36.2 Å². The molecule has 9 nitrogen and oxygen atoms in total. The minimum Gasteiger partial charge on any atom is -0.491 e. The lowest BCUT2D eigenvalue weighted by Crippen LogP contribution is -2.05. The van der Waals surface area contributed by atoms with E-state index in [1.165, 1.54) is 0 Å². The lowest BCUT2D eigenvalue weighted by molar-refractivity contribution is 0.242. The molecule has 0 radical (unpaired) electrons. The Labute approximate surface area is 202 Å². The van der Waals surface area contributed by atoms with Crippen molar-refractivity contribution in [2.24, 2.45) is 0 Å². The van der Waals surface area contributed by atoms with Crippen molar-refractivity contribution in [2.75, 3.05) is 0 Å². The molecule has 0 saturated carbocycles. The van der Waals surface area contributed by atoms with Gasteiger partial charge < -0.3 is 13.7 Å². The molecule has 5 rings (SSSR count). The normalized spacial score (nSPS) is 11.4. The fourth-order valence-corrected chi connectivity index (χ4v) is 3.72. The van der Waals surface area contributed by atoms with Gasteiger partial charge in [-0.2, -0.15) is 4.98 Å². The number of aromatic nitrogens is 6. The van der Waals surface area contributed by atoms with Crippen LogP contribution in [0.5, 0.6) is 5.75 Å². The maximum atomic E-state index is 5.92. The van der Waals surface area contributed by atoms with Crippen molar-refractivity contribution in [2.45, 2.75) is 47.3 Å². The van der Waals surface area contributed by atoms with Crippen LogP contribution in [0.1, 0.15) is 36.6 Å². The highest BCUT2D eigenvalue weighted by Crippen LogP contribution is 2.26. The lowest BCUT2D eigenvalue weighted by Gasteiger charge is -2.09. The number of hydrogen-bond acceptors (Lipinski definition) is 8. The van der Waals surface area contributed by atoms with E-state index >= 15 is 0 Å². The Hall–Kier alpha value is -4.27. The molecule has 178 valence electrons. The molecule has 0 atom stereocenters.